The molecule has 5 aromatic rings. The highest BCUT2D eigenvalue weighted by Crippen LogP contribution is 2.33. The van der Waals surface area contributed by atoms with Gasteiger partial charge in [0.05, 0.1) is 33.5 Å². The highest BCUT2D eigenvalue weighted by molar-refractivity contribution is 6.04. The van der Waals surface area contributed by atoms with Gasteiger partial charge in [-0.05, 0) is 36.4 Å². The Morgan fingerprint density at radius 1 is 0.412 bits per heavy atom. The van der Waals surface area contributed by atoms with Gasteiger partial charge in [0, 0.05) is 21.9 Å². The van der Waals surface area contributed by atoms with Crippen molar-refractivity contribution in [1.82, 2.24) is 9.97 Å². The zero-order chi connectivity index (χ0) is 24.1. The summed E-state index contributed by atoms with van der Waals surface area (Å²) in [4.78, 5) is 9.31. The minimum absolute atomic E-state index is 0.482. The lowest BCUT2D eigenvalue weighted by molar-refractivity contribution is -0.138. The average Bonchev–Trinajstić information content (AvgIpc) is 2.82. The van der Waals surface area contributed by atoms with Crippen LogP contribution in [0.15, 0.2) is 84.9 Å². The summed E-state index contributed by atoms with van der Waals surface area (Å²) in [6.45, 7) is 0. The molecule has 0 N–H and O–H groups in total. The fraction of sp³-hybridized carbons (Fsp3) is 0.0769. The first kappa shape index (κ1) is 21.9. The van der Waals surface area contributed by atoms with E-state index in [1.807, 2.05) is 12.1 Å². The van der Waals surface area contributed by atoms with Gasteiger partial charge in [0.15, 0.2) is 0 Å². The number of aromatic nitrogens is 2. The predicted molar refractivity (Wildman–Crippen MR) is 118 cm³/mol. The van der Waals surface area contributed by atoms with Crippen LogP contribution in [0.2, 0.25) is 0 Å². The predicted octanol–water partition coefficient (Wildman–Crippen LogP) is 8.15. The molecule has 170 valence electrons. The van der Waals surface area contributed by atoms with E-state index in [1.165, 1.54) is 24.3 Å². The molecule has 0 fully saturated rings. The lowest BCUT2D eigenvalue weighted by atomic mass is 10.0. The Hall–Kier alpha value is -3.94. The van der Waals surface area contributed by atoms with Crippen LogP contribution in [-0.4, -0.2) is 9.97 Å². The van der Waals surface area contributed by atoms with E-state index >= 15 is 0 Å². The first-order valence-corrected chi connectivity index (χ1v) is 10.2. The number of pyridine rings is 2. The molecule has 8 heteroatoms. The first-order valence-electron chi connectivity index (χ1n) is 10.2. The first-order chi connectivity index (χ1) is 16.1. The van der Waals surface area contributed by atoms with Gasteiger partial charge < -0.3 is 0 Å². The largest absolute Gasteiger partial charge is 0.416 e. The van der Waals surface area contributed by atoms with Gasteiger partial charge in [-0.3, -0.25) is 0 Å². The van der Waals surface area contributed by atoms with E-state index in [4.69, 9.17) is 0 Å². The fourth-order valence-corrected chi connectivity index (χ4v) is 3.75. The van der Waals surface area contributed by atoms with Gasteiger partial charge in [-0.2, -0.15) is 26.3 Å². The van der Waals surface area contributed by atoms with E-state index in [9.17, 15) is 26.3 Å². The molecule has 5 rings (SSSR count). The number of halogens is 6. The molecule has 2 heterocycles. The van der Waals surface area contributed by atoms with Crippen LogP contribution in [0.25, 0.3) is 44.3 Å². The van der Waals surface area contributed by atoms with Crippen molar-refractivity contribution < 1.29 is 26.3 Å². The van der Waals surface area contributed by atoms with Gasteiger partial charge >= 0.3 is 12.4 Å². The molecule has 0 aliphatic heterocycles. The zero-order valence-electron chi connectivity index (χ0n) is 17.2. The summed E-state index contributed by atoms with van der Waals surface area (Å²) < 4.78 is 77.3. The van der Waals surface area contributed by atoms with Gasteiger partial charge in [-0.25, -0.2) is 9.97 Å². The zero-order valence-corrected chi connectivity index (χ0v) is 17.2. The monoisotopic (exact) mass is 468 g/mol. The van der Waals surface area contributed by atoms with Crippen LogP contribution in [-0.2, 0) is 12.4 Å². The van der Waals surface area contributed by atoms with E-state index < -0.39 is 23.5 Å². The fourth-order valence-electron chi connectivity index (χ4n) is 3.75. The Bertz CT molecular complexity index is 1390. The minimum atomic E-state index is -4.43. The number of nitrogens with zero attached hydrogens (tertiary/aromatic N) is 2. The van der Waals surface area contributed by atoms with Gasteiger partial charge in [0.1, 0.15) is 0 Å². The van der Waals surface area contributed by atoms with Crippen molar-refractivity contribution in [3.63, 3.8) is 0 Å². The smallest absolute Gasteiger partial charge is 0.245 e. The molecule has 0 atom stereocenters. The Morgan fingerprint density at radius 2 is 0.735 bits per heavy atom. The number of rotatable bonds is 2. The summed E-state index contributed by atoms with van der Waals surface area (Å²) in [7, 11) is 0. The van der Waals surface area contributed by atoms with E-state index in [0.29, 0.717) is 33.5 Å². The second-order valence-corrected chi connectivity index (χ2v) is 7.75. The maximum Gasteiger partial charge on any atom is 0.416 e. The van der Waals surface area contributed by atoms with E-state index in [2.05, 4.69) is 9.97 Å². The molecule has 0 spiro atoms. The highest BCUT2D eigenvalue weighted by atomic mass is 19.4. The minimum Gasteiger partial charge on any atom is -0.245 e. The standard InChI is InChI=1S/C26H14F6N2/c27-25(28,29)19-9-3-15(4-10-19)21-13-7-17-1-2-18-8-14-22(34-24(18)23(17)33-21)16-5-11-20(12-6-16)26(30,31)32/h1-14H. The lowest BCUT2D eigenvalue weighted by Gasteiger charge is -2.10. The lowest BCUT2D eigenvalue weighted by Crippen LogP contribution is -2.04. The molecular formula is C26H14F6N2. The van der Waals surface area contributed by atoms with Crippen molar-refractivity contribution in [2.24, 2.45) is 0 Å². The molecule has 3 aromatic carbocycles. The second-order valence-electron chi connectivity index (χ2n) is 7.75. The quantitative estimate of drug-likeness (QED) is 0.193. The van der Waals surface area contributed by atoms with Crippen molar-refractivity contribution >= 4 is 21.8 Å². The number of benzene rings is 3. The maximum atomic E-state index is 12.9. The van der Waals surface area contributed by atoms with E-state index in [0.717, 1.165) is 35.0 Å². The van der Waals surface area contributed by atoms with Crippen molar-refractivity contribution in [3.8, 4) is 22.5 Å². The summed E-state index contributed by atoms with van der Waals surface area (Å²) >= 11 is 0. The van der Waals surface area contributed by atoms with Crippen LogP contribution in [0.5, 0.6) is 0 Å². The van der Waals surface area contributed by atoms with Crippen molar-refractivity contribution in [3.05, 3.63) is 96.1 Å². The summed E-state index contributed by atoms with van der Waals surface area (Å²) in [5, 5.41) is 1.56. The number of hydrogen-bond donors (Lipinski definition) is 0. The van der Waals surface area contributed by atoms with E-state index in [-0.39, 0.29) is 0 Å². The van der Waals surface area contributed by atoms with Crippen molar-refractivity contribution in [2.75, 3.05) is 0 Å². The van der Waals surface area contributed by atoms with E-state index in [1.54, 1.807) is 24.3 Å². The molecular weight excluding hydrogens is 454 g/mol. The third-order valence-corrected chi connectivity index (χ3v) is 5.54. The average molecular weight is 468 g/mol. The van der Waals surface area contributed by atoms with Gasteiger partial charge in [0.2, 0.25) is 0 Å². The molecule has 0 unspecified atom stereocenters. The second kappa shape index (κ2) is 7.83. The van der Waals surface area contributed by atoms with Crippen LogP contribution in [0.3, 0.4) is 0 Å². The molecule has 0 saturated heterocycles. The van der Waals surface area contributed by atoms with Crippen molar-refractivity contribution in [2.45, 2.75) is 12.4 Å². The van der Waals surface area contributed by atoms with Gasteiger partial charge in [-0.15, -0.1) is 0 Å². The molecule has 0 aliphatic carbocycles. The number of fused-ring (bicyclic) bond motifs is 3. The third kappa shape index (κ3) is 4.07. The molecule has 34 heavy (non-hydrogen) atoms. The normalized spacial score (nSPS) is 12.4. The topological polar surface area (TPSA) is 25.8 Å². The molecule has 0 bridgehead atoms. The molecule has 2 nitrogen and oxygen atoms in total. The Kier molecular flexibility index (Phi) is 5.04. The Morgan fingerprint density at radius 3 is 1.06 bits per heavy atom. The highest BCUT2D eigenvalue weighted by Gasteiger charge is 2.30. The summed E-state index contributed by atoms with van der Waals surface area (Å²) in [5.74, 6) is 0. The summed E-state index contributed by atoms with van der Waals surface area (Å²) in [6, 6.07) is 20.3. The number of hydrogen-bond acceptors (Lipinski definition) is 2. The molecule has 0 amide bonds. The van der Waals surface area contributed by atoms with Gasteiger partial charge in [0.25, 0.3) is 0 Å². The molecule has 0 saturated carbocycles. The van der Waals surface area contributed by atoms with Crippen LogP contribution < -0.4 is 0 Å². The SMILES string of the molecule is FC(F)(F)c1ccc(-c2ccc3ccc4ccc(-c5ccc(C(F)(F)F)cc5)nc4c3n2)cc1. The van der Waals surface area contributed by atoms with Gasteiger partial charge in [-0.1, -0.05) is 48.5 Å². The molecule has 0 radical (unpaired) electrons. The Labute approximate surface area is 189 Å². The van der Waals surface area contributed by atoms with Crippen LogP contribution in [0.1, 0.15) is 11.1 Å². The van der Waals surface area contributed by atoms with Crippen LogP contribution in [0.4, 0.5) is 26.3 Å². The van der Waals surface area contributed by atoms with Crippen LogP contribution >= 0.6 is 0 Å². The molecule has 0 aliphatic rings. The number of alkyl halides is 6. The Balaban J connectivity index is 1.60. The third-order valence-electron chi connectivity index (χ3n) is 5.54. The maximum absolute atomic E-state index is 12.9. The summed E-state index contributed by atoms with van der Waals surface area (Å²) in [6.07, 6.45) is -8.85. The molecule has 2 aromatic heterocycles. The summed E-state index contributed by atoms with van der Waals surface area (Å²) in [5.41, 5.74) is 1.60. The van der Waals surface area contributed by atoms with Crippen molar-refractivity contribution in [1.29, 1.82) is 0 Å². The van der Waals surface area contributed by atoms with Crippen LogP contribution in [0, 0.1) is 0 Å².